The molecule has 0 atom stereocenters. The van der Waals surface area contributed by atoms with E-state index in [2.05, 4.69) is 0 Å². The Hall–Kier alpha value is -1.92. The molecular formula is C18H18O4S2. The van der Waals surface area contributed by atoms with E-state index >= 15 is 0 Å². The van der Waals surface area contributed by atoms with Crippen LogP contribution in [-0.2, 0) is 22.4 Å². The molecule has 0 unspecified atom stereocenters. The molecular weight excluding hydrogens is 344 g/mol. The van der Waals surface area contributed by atoms with Gasteiger partial charge >= 0.3 is 11.9 Å². The molecule has 2 aromatic rings. The lowest BCUT2D eigenvalue weighted by atomic mass is 10.1. The van der Waals surface area contributed by atoms with Crippen molar-refractivity contribution >= 4 is 33.5 Å². The maximum absolute atomic E-state index is 10.6. The Balaban J connectivity index is 1.82. The molecule has 0 aliphatic heterocycles. The van der Waals surface area contributed by atoms with Gasteiger partial charge in [-0.1, -0.05) is 45.9 Å². The summed E-state index contributed by atoms with van der Waals surface area (Å²) in [5, 5.41) is 17.4. The summed E-state index contributed by atoms with van der Waals surface area (Å²) in [6, 6.07) is 15.8. The smallest absolute Gasteiger partial charge is 0.303 e. The van der Waals surface area contributed by atoms with Gasteiger partial charge in [-0.05, 0) is 48.2 Å². The van der Waals surface area contributed by atoms with Crippen molar-refractivity contribution in [3.63, 3.8) is 0 Å². The number of carbonyl (C=O) groups is 2. The van der Waals surface area contributed by atoms with E-state index in [4.69, 9.17) is 10.2 Å². The molecule has 0 spiro atoms. The predicted octanol–water partition coefficient (Wildman–Crippen LogP) is 4.52. The number of carboxylic acid groups (broad SMARTS) is 2. The molecule has 0 bridgehead atoms. The van der Waals surface area contributed by atoms with E-state index in [1.807, 2.05) is 48.5 Å². The molecule has 0 radical (unpaired) electrons. The van der Waals surface area contributed by atoms with E-state index in [0.29, 0.717) is 12.8 Å². The molecule has 2 aromatic carbocycles. The molecule has 24 heavy (non-hydrogen) atoms. The molecule has 2 N–H and O–H groups in total. The van der Waals surface area contributed by atoms with E-state index in [9.17, 15) is 9.59 Å². The number of aryl methyl sites for hydroxylation is 2. The first-order valence-electron chi connectivity index (χ1n) is 7.49. The normalized spacial score (nSPS) is 10.5. The molecule has 0 amide bonds. The van der Waals surface area contributed by atoms with E-state index in [1.54, 1.807) is 21.6 Å². The van der Waals surface area contributed by atoms with Gasteiger partial charge in [0.05, 0.1) is 0 Å². The quantitative estimate of drug-likeness (QED) is 0.639. The van der Waals surface area contributed by atoms with Crippen molar-refractivity contribution in [3.8, 4) is 0 Å². The molecule has 0 fully saturated rings. The molecule has 126 valence electrons. The average Bonchev–Trinajstić information content (AvgIpc) is 2.58. The Morgan fingerprint density at radius 3 is 1.29 bits per heavy atom. The third-order valence-electron chi connectivity index (χ3n) is 3.34. The van der Waals surface area contributed by atoms with E-state index in [0.717, 1.165) is 20.9 Å². The monoisotopic (exact) mass is 362 g/mol. The minimum absolute atomic E-state index is 0.148. The van der Waals surface area contributed by atoms with Crippen LogP contribution in [0, 0.1) is 0 Å². The van der Waals surface area contributed by atoms with Crippen LogP contribution in [0.5, 0.6) is 0 Å². The minimum atomic E-state index is -0.782. The van der Waals surface area contributed by atoms with Crippen molar-refractivity contribution in [3.05, 3.63) is 59.7 Å². The first kappa shape index (κ1) is 18.4. The second kappa shape index (κ2) is 9.39. The van der Waals surface area contributed by atoms with Gasteiger partial charge in [-0.3, -0.25) is 9.59 Å². The molecule has 0 heterocycles. The lowest BCUT2D eigenvalue weighted by Crippen LogP contribution is -1.97. The van der Waals surface area contributed by atoms with Crippen LogP contribution in [-0.4, -0.2) is 22.2 Å². The largest absolute Gasteiger partial charge is 0.481 e. The van der Waals surface area contributed by atoms with Gasteiger partial charge in [0.1, 0.15) is 0 Å². The third kappa shape index (κ3) is 6.68. The lowest BCUT2D eigenvalue weighted by Gasteiger charge is -2.04. The zero-order valence-electron chi connectivity index (χ0n) is 13.0. The lowest BCUT2D eigenvalue weighted by molar-refractivity contribution is -0.138. The van der Waals surface area contributed by atoms with Crippen LogP contribution in [0.2, 0.25) is 0 Å². The molecule has 6 heteroatoms. The van der Waals surface area contributed by atoms with Crippen LogP contribution in [0.3, 0.4) is 0 Å². The summed E-state index contributed by atoms with van der Waals surface area (Å²) >= 11 is 0. The Kier molecular flexibility index (Phi) is 7.21. The summed E-state index contributed by atoms with van der Waals surface area (Å²) in [6.45, 7) is 0. The van der Waals surface area contributed by atoms with Crippen LogP contribution in [0.15, 0.2) is 58.3 Å². The number of benzene rings is 2. The van der Waals surface area contributed by atoms with Crippen molar-refractivity contribution < 1.29 is 19.8 Å². The Bertz CT molecular complexity index is 620. The van der Waals surface area contributed by atoms with Gasteiger partial charge in [0.2, 0.25) is 0 Å². The van der Waals surface area contributed by atoms with Gasteiger partial charge in [0, 0.05) is 22.6 Å². The van der Waals surface area contributed by atoms with Crippen LogP contribution < -0.4 is 0 Å². The SMILES string of the molecule is O=C(O)CCc1ccc(SSc2ccc(CCC(=O)O)cc2)cc1. The van der Waals surface area contributed by atoms with Gasteiger partial charge < -0.3 is 10.2 Å². The maximum atomic E-state index is 10.6. The Morgan fingerprint density at radius 2 is 1.00 bits per heavy atom. The summed E-state index contributed by atoms with van der Waals surface area (Å²) in [6.07, 6.45) is 1.39. The molecule has 0 aromatic heterocycles. The van der Waals surface area contributed by atoms with Gasteiger partial charge in [-0.15, -0.1) is 0 Å². The zero-order chi connectivity index (χ0) is 17.4. The van der Waals surface area contributed by atoms with Gasteiger partial charge in [0.25, 0.3) is 0 Å². The summed E-state index contributed by atoms with van der Waals surface area (Å²) < 4.78 is 0. The first-order valence-corrected chi connectivity index (χ1v) is 9.64. The number of aliphatic carboxylic acids is 2. The minimum Gasteiger partial charge on any atom is -0.481 e. The molecule has 2 rings (SSSR count). The number of carboxylic acids is 2. The fraction of sp³-hybridized carbons (Fsp3) is 0.222. The van der Waals surface area contributed by atoms with Crippen molar-refractivity contribution in [2.45, 2.75) is 35.5 Å². The summed E-state index contributed by atoms with van der Waals surface area (Å²) in [7, 11) is 3.27. The standard InChI is InChI=1S/C18H18O4S2/c19-17(20)11-5-13-1-7-15(8-2-13)23-24-16-9-3-14(4-10-16)6-12-18(21)22/h1-4,7-10H,5-6,11-12H2,(H,19,20)(H,21,22). The predicted molar refractivity (Wildman–Crippen MR) is 96.5 cm³/mol. The third-order valence-corrected chi connectivity index (χ3v) is 5.75. The van der Waals surface area contributed by atoms with Gasteiger partial charge in [-0.25, -0.2) is 0 Å². The Morgan fingerprint density at radius 1 is 0.667 bits per heavy atom. The summed E-state index contributed by atoms with van der Waals surface area (Å²) in [4.78, 5) is 23.3. The molecule has 0 aliphatic rings. The second-order valence-electron chi connectivity index (χ2n) is 5.24. The number of hydrogen-bond acceptors (Lipinski definition) is 4. The average molecular weight is 362 g/mol. The van der Waals surface area contributed by atoms with Crippen LogP contribution >= 0.6 is 21.6 Å². The topological polar surface area (TPSA) is 74.6 Å². The zero-order valence-corrected chi connectivity index (χ0v) is 14.6. The van der Waals surface area contributed by atoms with Crippen molar-refractivity contribution in [2.75, 3.05) is 0 Å². The van der Waals surface area contributed by atoms with Crippen LogP contribution in [0.25, 0.3) is 0 Å². The highest BCUT2D eigenvalue weighted by molar-refractivity contribution is 8.76. The molecule has 0 saturated carbocycles. The Labute approximate surface area is 148 Å². The number of rotatable bonds is 9. The maximum Gasteiger partial charge on any atom is 0.303 e. The summed E-state index contributed by atoms with van der Waals surface area (Å²) in [5.74, 6) is -1.56. The van der Waals surface area contributed by atoms with Gasteiger partial charge in [-0.2, -0.15) is 0 Å². The molecule has 0 aliphatic carbocycles. The van der Waals surface area contributed by atoms with Crippen molar-refractivity contribution in [2.24, 2.45) is 0 Å². The highest BCUT2D eigenvalue weighted by Crippen LogP contribution is 2.37. The fourth-order valence-electron chi connectivity index (χ4n) is 2.02. The van der Waals surface area contributed by atoms with E-state index in [1.165, 1.54) is 0 Å². The van der Waals surface area contributed by atoms with E-state index in [-0.39, 0.29) is 12.8 Å². The highest BCUT2D eigenvalue weighted by Gasteiger charge is 2.03. The van der Waals surface area contributed by atoms with Crippen LogP contribution in [0.4, 0.5) is 0 Å². The second-order valence-corrected chi connectivity index (χ2v) is 7.52. The molecule has 0 saturated heterocycles. The van der Waals surface area contributed by atoms with E-state index < -0.39 is 11.9 Å². The fourth-order valence-corrected chi connectivity index (χ4v) is 3.95. The number of hydrogen-bond donors (Lipinski definition) is 2. The molecule has 4 nitrogen and oxygen atoms in total. The van der Waals surface area contributed by atoms with Crippen molar-refractivity contribution in [1.82, 2.24) is 0 Å². The summed E-state index contributed by atoms with van der Waals surface area (Å²) in [5.41, 5.74) is 2.05. The first-order chi connectivity index (χ1) is 11.5. The van der Waals surface area contributed by atoms with Gasteiger partial charge in [0.15, 0.2) is 0 Å². The van der Waals surface area contributed by atoms with Crippen molar-refractivity contribution in [1.29, 1.82) is 0 Å². The van der Waals surface area contributed by atoms with Crippen LogP contribution in [0.1, 0.15) is 24.0 Å². The highest BCUT2D eigenvalue weighted by atomic mass is 33.1.